The number of unbranched alkanes of at least 4 members (excludes halogenated alkanes) is 1. The van der Waals surface area contributed by atoms with E-state index in [4.69, 9.17) is 4.74 Å². The van der Waals surface area contributed by atoms with Gasteiger partial charge in [-0.1, -0.05) is 27.2 Å². The van der Waals surface area contributed by atoms with Gasteiger partial charge in [0, 0.05) is 20.3 Å². The molecule has 4 nitrogen and oxygen atoms in total. The molecule has 1 amide bonds. The van der Waals surface area contributed by atoms with Crippen LogP contribution in [0.25, 0.3) is 0 Å². The van der Waals surface area contributed by atoms with E-state index in [1.165, 1.54) is 0 Å². The van der Waals surface area contributed by atoms with Gasteiger partial charge in [0.05, 0.1) is 12.2 Å². The number of hydrogen-bond donors (Lipinski definition) is 1. The third-order valence-electron chi connectivity index (χ3n) is 3.62. The molecule has 1 N–H and O–H groups in total. The van der Waals surface area contributed by atoms with Gasteiger partial charge < -0.3 is 9.64 Å². The van der Waals surface area contributed by atoms with Crippen LogP contribution in [-0.4, -0.2) is 43.3 Å². The second kappa shape index (κ2) is 8.54. The maximum atomic E-state index is 12.4. The van der Waals surface area contributed by atoms with E-state index in [-0.39, 0.29) is 12.2 Å². The molecule has 112 valence electrons. The SMILES string of the molecule is CCCC1NC(CC(C)C)C(=O)N1CCCCOC. The smallest absolute Gasteiger partial charge is 0.241 e. The molecular formula is C15H30N2O2. The van der Waals surface area contributed by atoms with Crippen molar-refractivity contribution in [2.45, 2.75) is 65.1 Å². The first-order chi connectivity index (χ1) is 9.10. The quantitative estimate of drug-likeness (QED) is 0.654. The van der Waals surface area contributed by atoms with E-state index < -0.39 is 0 Å². The summed E-state index contributed by atoms with van der Waals surface area (Å²) >= 11 is 0. The zero-order valence-corrected chi connectivity index (χ0v) is 12.9. The van der Waals surface area contributed by atoms with E-state index in [9.17, 15) is 4.79 Å². The molecule has 0 spiro atoms. The Labute approximate surface area is 117 Å². The minimum absolute atomic E-state index is 0.0268. The normalized spacial score (nSPS) is 23.6. The van der Waals surface area contributed by atoms with Crippen molar-refractivity contribution in [2.75, 3.05) is 20.3 Å². The predicted octanol–water partition coefficient (Wildman–Crippen LogP) is 2.39. The highest BCUT2D eigenvalue weighted by molar-refractivity contribution is 5.84. The van der Waals surface area contributed by atoms with Crippen LogP contribution in [-0.2, 0) is 9.53 Å². The van der Waals surface area contributed by atoms with Gasteiger partial charge in [-0.25, -0.2) is 0 Å². The molecule has 1 fully saturated rings. The molecule has 0 radical (unpaired) electrons. The van der Waals surface area contributed by atoms with Gasteiger partial charge in [0.15, 0.2) is 0 Å². The Bertz CT molecular complexity index is 269. The van der Waals surface area contributed by atoms with Crippen LogP contribution in [0.1, 0.15) is 52.9 Å². The van der Waals surface area contributed by atoms with Crippen molar-refractivity contribution in [3.63, 3.8) is 0 Å². The molecule has 4 heteroatoms. The first-order valence-corrected chi connectivity index (χ1v) is 7.65. The van der Waals surface area contributed by atoms with Crippen molar-refractivity contribution in [2.24, 2.45) is 5.92 Å². The van der Waals surface area contributed by atoms with E-state index >= 15 is 0 Å². The van der Waals surface area contributed by atoms with Crippen LogP contribution in [0.15, 0.2) is 0 Å². The Morgan fingerprint density at radius 2 is 2.11 bits per heavy atom. The first-order valence-electron chi connectivity index (χ1n) is 7.65. The summed E-state index contributed by atoms with van der Waals surface area (Å²) < 4.78 is 5.06. The number of ether oxygens (including phenoxy) is 1. The van der Waals surface area contributed by atoms with Gasteiger partial charge in [0.25, 0.3) is 0 Å². The van der Waals surface area contributed by atoms with E-state index in [0.29, 0.717) is 11.8 Å². The van der Waals surface area contributed by atoms with Gasteiger partial charge in [-0.3, -0.25) is 10.1 Å². The Balaban J connectivity index is 2.50. The molecule has 2 atom stereocenters. The maximum absolute atomic E-state index is 12.4. The Kier molecular flexibility index (Phi) is 7.39. The van der Waals surface area contributed by atoms with Gasteiger partial charge in [-0.15, -0.1) is 0 Å². The lowest BCUT2D eigenvalue weighted by molar-refractivity contribution is -0.130. The predicted molar refractivity (Wildman–Crippen MR) is 77.9 cm³/mol. The molecule has 1 saturated heterocycles. The number of hydrogen-bond acceptors (Lipinski definition) is 3. The molecule has 0 aromatic rings. The van der Waals surface area contributed by atoms with Crippen LogP contribution in [0.3, 0.4) is 0 Å². The van der Waals surface area contributed by atoms with E-state index in [2.05, 4.69) is 26.1 Å². The summed E-state index contributed by atoms with van der Waals surface area (Å²) in [6.07, 6.45) is 5.37. The van der Waals surface area contributed by atoms with Crippen molar-refractivity contribution >= 4 is 5.91 Å². The maximum Gasteiger partial charge on any atom is 0.241 e. The molecule has 0 aliphatic carbocycles. The molecule has 1 aliphatic heterocycles. The minimum atomic E-state index is 0.0268. The standard InChI is InChI=1S/C15H30N2O2/c1-5-8-14-16-13(11-12(2)3)15(18)17(14)9-6-7-10-19-4/h12-14,16H,5-11H2,1-4H3. The number of carbonyl (C=O) groups excluding carboxylic acids is 1. The van der Waals surface area contributed by atoms with Crippen molar-refractivity contribution in [1.29, 1.82) is 0 Å². The fraction of sp³-hybridized carbons (Fsp3) is 0.933. The average molecular weight is 270 g/mol. The van der Waals surface area contributed by atoms with Crippen molar-refractivity contribution < 1.29 is 9.53 Å². The van der Waals surface area contributed by atoms with Crippen LogP contribution < -0.4 is 5.32 Å². The van der Waals surface area contributed by atoms with Gasteiger partial charge in [0.1, 0.15) is 0 Å². The van der Waals surface area contributed by atoms with Crippen LogP contribution in [0, 0.1) is 5.92 Å². The lowest BCUT2D eigenvalue weighted by Gasteiger charge is -2.23. The van der Waals surface area contributed by atoms with Gasteiger partial charge >= 0.3 is 0 Å². The van der Waals surface area contributed by atoms with Crippen molar-refractivity contribution in [1.82, 2.24) is 10.2 Å². The third kappa shape index (κ3) is 5.11. The average Bonchev–Trinajstić information content (AvgIpc) is 2.62. The van der Waals surface area contributed by atoms with Crippen molar-refractivity contribution in [3.8, 4) is 0 Å². The fourth-order valence-corrected chi connectivity index (χ4v) is 2.69. The number of carbonyl (C=O) groups is 1. The highest BCUT2D eigenvalue weighted by Crippen LogP contribution is 2.20. The summed E-state index contributed by atoms with van der Waals surface area (Å²) in [5, 5.41) is 3.51. The number of rotatable bonds is 9. The number of methoxy groups -OCH3 is 1. The topological polar surface area (TPSA) is 41.6 Å². The monoisotopic (exact) mass is 270 g/mol. The molecule has 0 saturated carbocycles. The summed E-state index contributed by atoms with van der Waals surface area (Å²) in [6, 6.07) is 0.0268. The van der Waals surface area contributed by atoms with E-state index in [1.807, 2.05) is 4.90 Å². The van der Waals surface area contributed by atoms with Crippen LogP contribution in [0.4, 0.5) is 0 Å². The highest BCUT2D eigenvalue weighted by Gasteiger charge is 2.37. The second-order valence-corrected chi connectivity index (χ2v) is 5.88. The summed E-state index contributed by atoms with van der Waals surface area (Å²) in [5.41, 5.74) is 0. The lowest BCUT2D eigenvalue weighted by atomic mass is 10.0. The molecular weight excluding hydrogens is 240 g/mol. The van der Waals surface area contributed by atoms with E-state index in [1.54, 1.807) is 7.11 Å². The van der Waals surface area contributed by atoms with Gasteiger partial charge in [-0.05, 0) is 31.6 Å². The van der Waals surface area contributed by atoms with Crippen molar-refractivity contribution in [3.05, 3.63) is 0 Å². The highest BCUT2D eigenvalue weighted by atomic mass is 16.5. The number of nitrogens with zero attached hydrogens (tertiary/aromatic N) is 1. The molecule has 1 rings (SSSR count). The molecule has 1 heterocycles. The van der Waals surface area contributed by atoms with Gasteiger partial charge in [0.2, 0.25) is 5.91 Å². The summed E-state index contributed by atoms with van der Waals surface area (Å²) in [4.78, 5) is 14.5. The Hall–Kier alpha value is -0.610. The Morgan fingerprint density at radius 1 is 1.37 bits per heavy atom. The zero-order valence-electron chi connectivity index (χ0n) is 12.9. The van der Waals surface area contributed by atoms with Crippen LogP contribution in [0.2, 0.25) is 0 Å². The molecule has 0 aromatic carbocycles. The number of amides is 1. The minimum Gasteiger partial charge on any atom is -0.385 e. The zero-order chi connectivity index (χ0) is 14.3. The largest absolute Gasteiger partial charge is 0.385 e. The third-order valence-corrected chi connectivity index (χ3v) is 3.62. The molecule has 1 aliphatic rings. The summed E-state index contributed by atoms with van der Waals surface area (Å²) in [5.74, 6) is 0.849. The number of nitrogens with one attached hydrogen (secondary N) is 1. The fourth-order valence-electron chi connectivity index (χ4n) is 2.69. The Morgan fingerprint density at radius 3 is 2.68 bits per heavy atom. The molecule has 19 heavy (non-hydrogen) atoms. The summed E-state index contributed by atoms with van der Waals surface area (Å²) in [7, 11) is 1.72. The van der Waals surface area contributed by atoms with E-state index in [0.717, 1.165) is 45.3 Å². The van der Waals surface area contributed by atoms with Crippen LogP contribution in [0.5, 0.6) is 0 Å². The summed E-state index contributed by atoms with van der Waals surface area (Å²) in [6.45, 7) is 8.15. The molecule has 0 aromatic heterocycles. The van der Waals surface area contributed by atoms with Gasteiger partial charge in [-0.2, -0.15) is 0 Å². The molecule has 0 bridgehead atoms. The molecule has 2 unspecified atom stereocenters. The lowest BCUT2D eigenvalue weighted by Crippen LogP contribution is -2.38. The van der Waals surface area contributed by atoms with Crippen LogP contribution >= 0.6 is 0 Å². The second-order valence-electron chi connectivity index (χ2n) is 5.88. The first kappa shape index (κ1) is 16.4.